The van der Waals surface area contributed by atoms with E-state index >= 15 is 0 Å². The number of aliphatic hydroxyl groups is 1. The highest BCUT2D eigenvalue weighted by Gasteiger charge is 2.26. The van der Waals surface area contributed by atoms with Gasteiger partial charge >= 0.3 is 0 Å². The van der Waals surface area contributed by atoms with Crippen molar-refractivity contribution in [2.45, 2.75) is 18.9 Å². The van der Waals surface area contributed by atoms with Gasteiger partial charge in [-0.2, -0.15) is 0 Å². The number of hydrogen-bond acceptors (Lipinski definition) is 4. The standard InChI is InChI=1S/C13H12FN3OS/c1-13(18,11-3-2-9(14)7-15-11)6-10-8-17-4-5-19-12(17)16-10/h2-5,7-8,18H,6H2,1H3. The molecule has 3 aromatic rings. The fourth-order valence-corrected chi connectivity index (χ4v) is 2.72. The number of fused-ring (bicyclic) bond motifs is 1. The van der Waals surface area contributed by atoms with Gasteiger partial charge in [0.05, 0.1) is 17.6 Å². The Labute approximate surface area is 113 Å². The van der Waals surface area contributed by atoms with Crippen molar-refractivity contribution in [1.29, 1.82) is 0 Å². The summed E-state index contributed by atoms with van der Waals surface area (Å²) in [5.41, 5.74) is 0.0470. The van der Waals surface area contributed by atoms with Gasteiger partial charge in [-0.25, -0.2) is 9.37 Å². The number of pyridine rings is 1. The minimum atomic E-state index is -1.17. The molecule has 0 saturated carbocycles. The molecule has 1 N–H and O–H groups in total. The molecule has 0 aliphatic rings. The van der Waals surface area contributed by atoms with Crippen LogP contribution < -0.4 is 0 Å². The van der Waals surface area contributed by atoms with Crippen molar-refractivity contribution >= 4 is 16.3 Å². The van der Waals surface area contributed by atoms with Gasteiger partial charge in [0.2, 0.25) is 0 Å². The van der Waals surface area contributed by atoms with Crippen LogP contribution in [-0.2, 0) is 12.0 Å². The molecule has 0 spiro atoms. The molecule has 4 nitrogen and oxygen atoms in total. The number of rotatable bonds is 3. The van der Waals surface area contributed by atoms with Crippen molar-refractivity contribution in [2.75, 3.05) is 0 Å². The first-order valence-electron chi connectivity index (χ1n) is 5.80. The molecular formula is C13H12FN3OS. The van der Waals surface area contributed by atoms with Crippen molar-refractivity contribution in [3.05, 3.63) is 53.3 Å². The van der Waals surface area contributed by atoms with Crippen molar-refractivity contribution in [2.24, 2.45) is 0 Å². The first kappa shape index (κ1) is 12.3. The lowest BCUT2D eigenvalue weighted by atomic mass is 9.96. The molecule has 0 saturated heterocycles. The fourth-order valence-electron chi connectivity index (χ4n) is 2.00. The summed E-state index contributed by atoms with van der Waals surface area (Å²) < 4.78 is 14.8. The van der Waals surface area contributed by atoms with Crippen LogP contribution in [0, 0.1) is 5.82 Å². The van der Waals surface area contributed by atoms with Crippen LogP contribution in [-0.4, -0.2) is 19.5 Å². The first-order chi connectivity index (χ1) is 9.04. The maximum absolute atomic E-state index is 12.8. The van der Waals surface area contributed by atoms with E-state index in [2.05, 4.69) is 9.97 Å². The van der Waals surface area contributed by atoms with Gasteiger partial charge in [-0.15, -0.1) is 11.3 Å². The van der Waals surface area contributed by atoms with Gasteiger partial charge < -0.3 is 5.11 Å². The van der Waals surface area contributed by atoms with Crippen LogP contribution in [0.15, 0.2) is 36.1 Å². The molecule has 98 valence electrons. The highest BCUT2D eigenvalue weighted by Crippen LogP contribution is 2.24. The van der Waals surface area contributed by atoms with Crippen LogP contribution in [0.2, 0.25) is 0 Å². The van der Waals surface area contributed by atoms with Crippen LogP contribution >= 0.6 is 11.3 Å². The van der Waals surface area contributed by atoms with Gasteiger partial charge in [-0.3, -0.25) is 9.38 Å². The molecular weight excluding hydrogens is 265 g/mol. The van der Waals surface area contributed by atoms with Gasteiger partial charge in [0.1, 0.15) is 11.4 Å². The molecule has 0 amide bonds. The smallest absolute Gasteiger partial charge is 0.193 e. The SMILES string of the molecule is CC(O)(Cc1cn2ccsc2n1)c1ccc(F)cn1. The summed E-state index contributed by atoms with van der Waals surface area (Å²) >= 11 is 1.54. The van der Waals surface area contributed by atoms with E-state index in [0.29, 0.717) is 12.1 Å². The van der Waals surface area contributed by atoms with Crippen molar-refractivity contribution in [3.63, 3.8) is 0 Å². The average molecular weight is 277 g/mol. The van der Waals surface area contributed by atoms with Crippen LogP contribution in [0.4, 0.5) is 4.39 Å². The molecule has 3 rings (SSSR count). The van der Waals surface area contributed by atoms with E-state index in [4.69, 9.17) is 0 Å². The van der Waals surface area contributed by atoms with Crippen molar-refractivity contribution in [3.8, 4) is 0 Å². The van der Waals surface area contributed by atoms with E-state index in [1.54, 1.807) is 6.92 Å². The molecule has 3 heterocycles. The molecule has 0 aliphatic carbocycles. The third-order valence-electron chi connectivity index (χ3n) is 2.95. The lowest BCUT2D eigenvalue weighted by molar-refractivity contribution is 0.0520. The molecule has 3 aromatic heterocycles. The predicted octanol–water partition coefficient (Wildman–Crippen LogP) is 2.38. The monoisotopic (exact) mass is 277 g/mol. The number of imidazole rings is 1. The molecule has 6 heteroatoms. The summed E-state index contributed by atoms with van der Waals surface area (Å²) in [6, 6.07) is 2.79. The largest absolute Gasteiger partial charge is 0.383 e. The van der Waals surface area contributed by atoms with Crippen LogP contribution in [0.1, 0.15) is 18.3 Å². The van der Waals surface area contributed by atoms with E-state index in [1.165, 1.54) is 23.5 Å². The Morgan fingerprint density at radius 2 is 2.32 bits per heavy atom. The van der Waals surface area contributed by atoms with Gasteiger partial charge in [-0.1, -0.05) is 0 Å². The lowest BCUT2D eigenvalue weighted by Crippen LogP contribution is -2.25. The predicted molar refractivity (Wildman–Crippen MR) is 70.5 cm³/mol. The zero-order valence-electron chi connectivity index (χ0n) is 10.2. The summed E-state index contributed by atoms with van der Waals surface area (Å²) in [5, 5.41) is 12.4. The third kappa shape index (κ3) is 2.36. The second kappa shape index (κ2) is 4.40. The van der Waals surface area contributed by atoms with E-state index in [1.807, 2.05) is 22.2 Å². The number of hydrogen-bond donors (Lipinski definition) is 1. The second-order valence-corrected chi connectivity index (χ2v) is 5.51. The van der Waals surface area contributed by atoms with Crippen molar-refractivity contribution < 1.29 is 9.50 Å². The Kier molecular flexibility index (Phi) is 2.83. The summed E-state index contributed by atoms with van der Waals surface area (Å²) in [4.78, 5) is 9.24. The molecule has 0 bridgehead atoms. The van der Waals surface area contributed by atoms with Crippen LogP contribution in [0.3, 0.4) is 0 Å². The zero-order valence-corrected chi connectivity index (χ0v) is 11.1. The first-order valence-corrected chi connectivity index (χ1v) is 6.68. The molecule has 1 unspecified atom stereocenters. The fraction of sp³-hybridized carbons (Fsp3) is 0.231. The minimum absolute atomic E-state index is 0.333. The average Bonchev–Trinajstić information content (AvgIpc) is 2.89. The lowest BCUT2D eigenvalue weighted by Gasteiger charge is -2.21. The van der Waals surface area contributed by atoms with Gasteiger partial charge in [0.15, 0.2) is 4.96 Å². The Bertz CT molecular complexity index is 674. The Morgan fingerprint density at radius 1 is 1.47 bits per heavy atom. The quantitative estimate of drug-likeness (QED) is 0.799. The molecule has 1 atom stereocenters. The van der Waals surface area contributed by atoms with Crippen LogP contribution in [0.25, 0.3) is 4.96 Å². The summed E-state index contributed by atoms with van der Waals surface area (Å²) in [6.07, 6.45) is 5.24. The number of nitrogens with zero attached hydrogens (tertiary/aromatic N) is 3. The van der Waals surface area contributed by atoms with E-state index < -0.39 is 11.4 Å². The Morgan fingerprint density at radius 3 is 3.00 bits per heavy atom. The molecule has 0 fully saturated rings. The maximum Gasteiger partial charge on any atom is 0.193 e. The van der Waals surface area contributed by atoms with Crippen molar-refractivity contribution in [1.82, 2.24) is 14.4 Å². The number of thiazole rings is 1. The highest BCUT2D eigenvalue weighted by atomic mass is 32.1. The molecule has 0 radical (unpaired) electrons. The number of halogens is 1. The Hall–Kier alpha value is -1.79. The zero-order chi connectivity index (χ0) is 13.5. The summed E-state index contributed by atoms with van der Waals surface area (Å²) in [7, 11) is 0. The number of aromatic nitrogens is 3. The third-order valence-corrected chi connectivity index (χ3v) is 3.72. The maximum atomic E-state index is 12.8. The molecule has 19 heavy (non-hydrogen) atoms. The highest BCUT2D eigenvalue weighted by molar-refractivity contribution is 7.15. The Balaban J connectivity index is 1.88. The molecule has 0 aromatic carbocycles. The van der Waals surface area contributed by atoms with Crippen LogP contribution in [0.5, 0.6) is 0 Å². The normalized spacial score (nSPS) is 14.7. The summed E-state index contributed by atoms with van der Waals surface area (Å²) in [5.74, 6) is -0.415. The second-order valence-electron chi connectivity index (χ2n) is 4.64. The topological polar surface area (TPSA) is 50.4 Å². The van der Waals surface area contributed by atoms with E-state index in [-0.39, 0.29) is 0 Å². The summed E-state index contributed by atoms with van der Waals surface area (Å²) in [6.45, 7) is 1.65. The van der Waals surface area contributed by atoms with Gasteiger partial charge in [0.25, 0.3) is 0 Å². The minimum Gasteiger partial charge on any atom is -0.383 e. The van der Waals surface area contributed by atoms with Gasteiger partial charge in [0, 0.05) is 24.2 Å². The van der Waals surface area contributed by atoms with E-state index in [9.17, 15) is 9.50 Å². The van der Waals surface area contributed by atoms with Gasteiger partial charge in [-0.05, 0) is 19.1 Å². The molecule has 0 aliphatic heterocycles. The van der Waals surface area contributed by atoms with E-state index in [0.717, 1.165) is 16.9 Å².